The van der Waals surface area contributed by atoms with Crippen LogP contribution in [0.15, 0.2) is 65.8 Å². The number of urea groups is 1. The largest absolute Gasteiger partial charge is 0.349 e. The van der Waals surface area contributed by atoms with Crippen LogP contribution in [0.2, 0.25) is 0 Å². The second kappa shape index (κ2) is 7.95. The van der Waals surface area contributed by atoms with E-state index in [4.69, 9.17) is 11.6 Å². The van der Waals surface area contributed by atoms with Crippen molar-refractivity contribution in [2.75, 3.05) is 10.9 Å². The number of hydrogen-bond acceptors (Lipinski definition) is 3. The van der Waals surface area contributed by atoms with Gasteiger partial charge in [-0.3, -0.25) is 10.1 Å². The van der Waals surface area contributed by atoms with Gasteiger partial charge in [0, 0.05) is 0 Å². The van der Waals surface area contributed by atoms with Gasteiger partial charge in [0.2, 0.25) is 5.91 Å². The van der Waals surface area contributed by atoms with Crippen LogP contribution < -0.4 is 10.3 Å². The number of carbonyl (C=O) groups excluding carboxylic acids is 2. The van der Waals surface area contributed by atoms with E-state index in [0.29, 0.717) is 5.69 Å². The summed E-state index contributed by atoms with van der Waals surface area (Å²) in [5.41, 5.74) is 1.37. The topological polar surface area (TPSA) is 61.8 Å². The highest BCUT2D eigenvalue weighted by molar-refractivity contribution is 6.28. The number of nitrogens with one attached hydrogen (secondary N) is 1. The Morgan fingerprint density at radius 2 is 1.64 bits per heavy atom. The second-order valence-electron chi connectivity index (χ2n) is 4.29. The molecule has 0 aliphatic carbocycles. The number of para-hydroxylation sites is 1. The van der Waals surface area contributed by atoms with Crippen molar-refractivity contribution in [2.24, 2.45) is 5.10 Å². The van der Waals surface area contributed by atoms with Gasteiger partial charge < -0.3 is 0 Å². The molecular weight excluding hydrogens is 302 g/mol. The number of amides is 3. The number of hydrogen-bond donors (Lipinski definition) is 1. The molecule has 0 atom stereocenters. The summed E-state index contributed by atoms with van der Waals surface area (Å²) in [6.45, 7) is 0. The smallest absolute Gasteiger partial charge is 0.275 e. The molecule has 0 bridgehead atoms. The van der Waals surface area contributed by atoms with Crippen molar-refractivity contribution in [1.82, 2.24) is 5.32 Å². The number of hydrazone groups is 1. The Labute approximate surface area is 133 Å². The molecule has 6 heteroatoms. The minimum atomic E-state index is -0.663. The van der Waals surface area contributed by atoms with E-state index < -0.39 is 11.9 Å². The van der Waals surface area contributed by atoms with Gasteiger partial charge in [-0.05, 0) is 17.7 Å². The van der Waals surface area contributed by atoms with E-state index in [1.54, 1.807) is 24.3 Å². The lowest BCUT2D eigenvalue weighted by atomic mass is 10.2. The molecule has 0 aromatic heterocycles. The van der Waals surface area contributed by atoms with Crippen molar-refractivity contribution in [3.05, 3.63) is 66.2 Å². The SMILES string of the molecule is O=C(CCl)NC(=O)N(N=Cc1ccccc1)c1ccccc1. The standard InChI is InChI=1S/C16H14ClN3O2/c17-11-15(21)19-16(22)20(14-9-5-2-6-10-14)18-12-13-7-3-1-4-8-13/h1-10,12H,11H2,(H,19,21,22). The molecule has 2 rings (SSSR count). The average Bonchev–Trinajstić information content (AvgIpc) is 2.57. The molecule has 0 unspecified atom stereocenters. The fourth-order valence-electron chi connectivity index (χ4n) is 1.67. The fraction of sp³-hybridized carbons (Fsp3) is 0.0625. The molecule has 5 nitrogen and oxygen atoms in total. The van der Waals surface area contributed by atoms with Gasteiger partial charge in [-0.25, -0.2) is 4.79 Å². The van der Waals surface area contributed by atoms with Gasteiger partial charge in [0.05, 0.1) is 11.9 Å². The third-order valence-electron chi connectivity index (χ3n) is 2.68. The van der Waals surface area contributed by atoms with Gasteiger partial charge in [0.1, 0.15) is 5.88 Å². The maximum absolute atomic E-state index is 12.2. The maximum Gasteiger partial charge on any atom is 0.349 e. The zero-order valence-corrected chi connectivity index (χ0v) is 12.4. The zero-order valence-electron chi connectivity index (χ0n) is 11.6. The number of alkyl halides is 1. The lowest BCUT2D eigenvalue weighted by Gasteiger charge is -2.16. The number of anilines is 1. The van der Waals surface area contributed by atoms with Gasteiger partial charge in [-0.1, -0.05) is 48.5 Å². The van der Waals surface area contributed by atoms with Crippen LogP contribution in [0, 0.1) is 0 Å². The van der Waals surface area contributed by atoms with Crippen molar-refractivity contribution in [3.63, 3.8) is 0 Å². The fourth-order valence-corrected chi connectivity index (χ4v) is 1.74. The Morgan fingerprint density at radius 1 is 1.05 bits per heavy atom. The first-order valence-corrected chi connectivity index (χ1v) is 7.08. The van der Waals surface area contributed by atoms with Crippen LogP contribution in [0.1, 0.15) is 5.56 Å². The Hall–Kier alpha value is -2.66. The highest BCUT2D eigenvalue weighted by Gasteiger charge is 2.16. The molecule has 0 saturated carbocycles. The van der Waals surface area contributed by atoms with Crippen molar-refractivity contribution in [3.8, 4) is 0 Å². The summed E-state index contributed by atoms with van der Waals surface area (Å²) >= 11 is 5.40. The highest BCUT2D eigenvalue weighted by atomic mass is 35.5. The van der Waals surface area contributed by atoms with E-state index in [1.165, 1.54) is 6.21 Å². The van der Waals surface area contributed by atoms with Gasteiger partial charge in [-0.2, -0.15) is 10.1 Å². The highest BCUT2D eigenvalue weighted by Crippen LogP contribution is 2.14. The summed E-state index contributed by atoms with van der Waals surface area (Å²) in [5, 5.41) is 7.43. The number of carbonyl (C=O) groups is 2. The van der Waals surface area contributed by atoms with Gasteiger partial charge in [-0.15, -0.1) is 11.6 Å². The number of halogens is 1. The Morgan fingerprint density at radius 3 is 2.23 bits per heavy atom. The van der Waals surface area contributed by atoms with E-state index in [-0.39, 0.29) is 5.88 Å². The van der Waals surface area contributed by atoms with E-state index in [1.807, 2.05) is 36.4 Å². The molecule has 0 spiro atoms. The van der Waals surface area contributed by atoms with Crippen LogP contribution in [0.25, 0.3) is 0 Å². The molecule has 0 aliphatic heterocycles. The summed E-state index contributed by atoms with van der Waals surface area (Å²) in [7, 11) is 0. The Balaban J connectivity index is 2.24. The van der Waals surface area contributed by atoms with Crippen LogP contribution >= 0.6 is 11.6 Å². The Bertz CT molecular complexity index is 660. The maximum atomic E-state index is 12.2. The third kappa shape index (κ3) is 4.43. The number of rotatable bonds is 4. The molecule has 2 aromatic carbocycles. The molecular formula is C16H14ClN3O2. The minimum absolute atomic E-state index is 0.295. The van der Waals surface area contributed by atoms with Crippen LogP contribution in [-0.2, 0) is 4.79 Å². The van der Waals surface area contributed by atoms with Crippen molar-refractivity contribution >= 4 is 35.4 Å². The van der Waals surface area contributed by atoms with E-state index >= 15 is 0 Å². The Kier molecular flexibility index (Phi) is 5.68. The quantitative estimate of drug-likeness (QED) is 0.535. The minimum Gasteiger partial charge on any atom is -0.275 e. The van der Waals surface area contributed by atoms with Crippen molar-refractivity contribution < 1.29 is 9.59 Å². The zero-order chi connectivity index (χ0) is 15.8. The normalized spacial score (nSPS) is 10.4. The van der Waals surface area contributed by atoms with Gasteiger partial charge in [0.25, 0.3) is 0 Å². The molecule has 1 N–H and O–H groups in total. The van der Waals surface area contributed by atoms with Crippen molar-refractivity contribution in [2.45, 2.75) is 0 Å². The predicted molar refractivity (Wildman–Crippen MR) is 87.2 cm³/mol. The number of imide groups is 1. The number of nitrogens with zero attached hydrogens (tertiary/aromatic N) is 2. The van der Waals surface area contributed by atoms with Crippen LogP contribution in [0.5, 0.6) is 0 Å². The molecule has 0 aliphatic rings. The molecule has 0 saturated heterocycles. The monoisotopic (exact) mass is 315 g/mol. The van der Waals surface area contributed by atoms with Gasteiger partial charge >= 0.3 is 6.03 Å². The summed E-state index contributed by atoms with van der Waals surface area (Å²) in [4.78, 5) is 23.4. The first kappa shape index (κ1) is 15.7. The molecule has 0 radical (unpaired) electrons. The summed E-state index contributed by atoms with van der Waals surface area (Å²) in [5.74, 6) is -0.876. The summed E-state index contributed by atoms with van der Waals surface area (Å²) in [6, 6.07) is 17.5. The number of benzene rings is 2. The second-order valence-corrected chi connectivity index (χ2v) is 4.56. The van der Waals surface area contributed by atoms with E-state index in [0.717, 1.165) is 10.6 Å². The average molecular weight is 316 g/mol. The van der Waals surface area contributed by atoms with Crippen molar-refractivity contribution in [1.29, 1.82) is 0 Å². The first-order valence-electron chi connectivity index (χ1n) is 6.54. The molecule has 112 valence electrons. The molecule has 3 amide bonds. The molecule has 0 heterocycles. The summed E-state index contributed by atoms with van der Waals surface area (Å²) in [6.07, 6.45) is 1.54. The van der Waals surface area contributed by atoms with E-state index in [2.05, 4.69) is 10.4 Å². The predicted octanol–water partition coefficient (Wildman–Crippen LogP) is 3.00. The van der Waals surface area contributed by atoms with Crippen LogP contribution in [-0.4, -0.2) is 24.0 Å². The lowest BCUT2D eigenvalue weighted by molar-refractivity contribution is -0.117. The van der Waals surface area contributed by atoms with Gasteiger partial charge in [0.15, 0.2) is 0 Å². The van der Waals surface area contributed by atoms with Crippen LogP contribution in [0.3, 0.4) is 0 Å². The molecule has 0 fully saturated rings. The first-order chi connectivity index (χ1) is 10.7. The summed E-state index contributed by atoms with van der Waals surface area (Å²) < 4.78 is 0. The third-order valence-corrected chi connectivity index (χ3v) is 2.93. The van der Waals surface area contributed by atoms with E-state index in [9.17, 15) is 9.59 Å². The van der Waals surface area contributed by atoms with Crippen LogP contribution in [0.4, 0.5) is 10.5 Å². The lowest BCUT2D eigenvalue weighted by Crippen LogP contribution is -2.41. The molecule has 2 aromatic rings. The molecule has 22 heavy (non-hydrogen) atoms.